The van der Waals surface area contributed by atoms with E-state index >= 15 is 0 Å². The van der Waals surface area contributed by atoms with Gasteiger partial charge in [0.15, 0.2) is 0 Å². The van der Waals surface area contributed by atoms with Crippen molar-refractivity contribution in [2.75, 3.05) is 0 Å². The molecule has 2 rings (SSSR count). The molecular weight excluding hydrogens is 162 g/mol. The van der Waals surface area contributed by atoms with Gasteiger partial charge in [0.1, 0.15) is 0 Å². The number of aryl methyl sites for hydroxylation is 2. The Morgan fingerprint density at radius 3 is 2.77 bits per heavy atom. The van der Waals surface area contributed by atoms with Gasteiger partial charge in [-0.25, -0.2) is 0 Å². The van der Waals surface area contributed by atoms with E-state index in [0.717, 1.165) is 16.8 Å². The van der Waals surface area contributed by atoms with Crippen molar-refractivity contribution < 1.29 is 4.42 Å². The first-order chi connectivity index (χ1) is 6.27. The summed E-state index contributed by atoms with van der Waals surface area (Å²) < 4.78 is 5.03. The lowest BCUT2D eigenvalue weighted by Gasteiger charge is -2.02. The molecule has 2 aromatic rings. The number of nitrogens with zero attached hydrogens (tertiary/aromatic N) is 1. The molecule has 2 heteroatoms. The summed E-state index contributed by atoms with van der Waals surface area (Å²) in [5.74, 6) is 0. The van der Waals surface area contributed by atoms with E-state index in [-0.39, 0.29) is 0 Å². The van der Waals surface area contributed by atoms with Gasteiger partial charge in [-0.1, -0.05) is 0 Å². The van der Waals surface area contributed by atoms with E-state index in [0.29, 0.717) is 0 Å². The highest BCUT2D eigenvalue weighted by molar-refractivity contribution is 5.64. The zero-order valence-electron chi connectivity index (χ0n) is 7.74. The number of rotatable bonds is 1. The number of furan rings is 1. The summed E-state index contributed by atoms with van der Waals surface area (Å²) in [5.41, 5.74) is 4.50. The van der Waals surface area contributed by atoms with E-state index in [1.807, 2.05) is 19.2 Å². The summed E-state index contributed by atoms with van der Waals surface area (Å²) in [7, 11) is 0. The van der Waals surface area contributed by atoms with Gasteiger partial charge in [-0.05, 0) is 31.5 Å². The molecule has 0 radical (unpaired) electrons. The molecule has 0 saturated carbocycles. The van der Waals surface area contributed by atoms with E-state index < -0.39 is 0 Å². The molecule has 0 aliphatic rings. The second-order valence-corrected chi connectivity index (χ2v) is 3.15. The van der Waals surface area contributed by atoms with Gasteiger partial charge in [-0.2, -0.15) is 0 Å². The predicted molar refractivity (Wildman–Crippen MR) is 51.4 cm³/mol. The normalized spacial score (nSPS) is 10.3. The minimum atomic E-state index is 1.05. The topological polar surface area (TPSA) is 26.0 Å². The van der Waals surface area contributed by atoms with Crippen molar-refractivity contribution in [2.24, 2.45) is 0 Å². The Bertz CT molecular complexity index is 404. The molecule has 0 aliphatic carbocycles. The first-order valence-corrected chi connectivity index (χ1v) is 4.23. The molecule has 0 amide bonds. The highest BCUT2D eigenvalue weighted by Gasteiger charge is 2.02. The van der Waals surface area contributed by atoms with Crippen LogP contribution in [-0.4, -0.2) is 4.98 Å². The van der Waals surface area contributed by atoms with Gasteiger partial charge in [-0.15, -0.1) is 0 Å². The highest BCUT2D eigenvalue weighted by atomic mass is 16.3. The van der Waals surface area contributed by atoms with Crippen LogP contribution in [0, 0.1) is 13.8 Å². The monoisotopic (exact) mass is 173 g/mol. The summed E-state index contributed by atoms with van der Waals surface area (Å²) in [6, 6.07) is 4.02. The molecule has 0 saturated heterocycles. The standard InChI is InChI=1S/C11H11NO/c1-8-5-9(2)12-6-11(8)10-3-4-13-7-10/h3-7H,1-2H3. The van der Waals surface area contributed by atoms with Gasteiger partial charge in [0.2, 0.25) is 0 Å². The summed E-state index contributed by atoms with van der Waals surface area (Å²) in [4.78, 5) is 4.25. The Hall–Kier alpha value is -1.57. The van der Waals surface area contributed by atoms with Crippen molar-refractivity contribution >= 4 is 0 Å². The zero-order chi connectivity index (χ0) is 9.26. The van der Waals surface area contributed by atoms with Crippen molar-refractivity contribution in [3.63, 3.8) is 0 Å². The predicted octanol–water partition coefficient (Wildman–Crippen LogP) is 2.96. The van der Waals surface area contributed by atoms with Crippen molar-refractivity contribution in [1.29, 1.82) is 0 Å². The number of hydrogen-bond donors (Lipinski definition) is 0. The van der Waals surface area contributed by atoms with E-state index in [1.165, 1.54) is 5.56 Å². The molecule has 13 heavy (non-hydrogen) atoms. The van der Waals surface area contributed by atoms with Gasteiger partial charge < -0.3 is 4.42 Å². The molecular formula is C11H11NO. The Labute approximate surface area is 77.2 Å². The maximum Gasteiger partial charge on any atom is 0.0981 e. The first-order valence-electron chi connectivity index (χ1n) is 4.23. The second-order valence-electron chi connectivity index (χ2n) is 3.15. The van der Waals surface area contributed by atoms with E-state index in [1.54, 1.807) is 12.5 Å². The van der Waals surface area contributed by atoms with Crippen LogP contribution < -0.4 is 0 Å². The Balaban J connectivity index is 2.53. The van der Waals surface area contributed by atoms with E-state index in [4.69, 9.17) is 4.42 Å². The van der Waals surface area contributed by atoms with Crippen LogP contribution in [-0.2, 0) is 0 Å². The third-order valence-corrected chi connectivity index (χ3v) is 2.08. The molecule has 66 valence electrons. The molecule has 0 bridgehead atoms. The highest BCUT2D eigenvalue weighted by Crippen LogP contribution is 2.22. The molecule has 0 aromatic carbocycles. The second kappa shape index (κ2) is 3.05. The lowest BCUT2D eigenvalue weighted by Crippen LogP contribution is -1.86. The van der Waals surface area contributed by atoms with Gasteiger partial charge in [0, 0.05) is 23.0 Å². The number of aromatic nitrogens is 1. The van der Waals surface area contributed by atoms with Crippen LogP contribution in [0.5, 0.6) is 0 Å². The van der Waals surface area contributed by atoms with Gasteiger partial charge in [-0.3, -0.25) is 4.98 Å². The lowest BCUT2D eigenvalue weighted by atomic mass is 10.1. The lowest BCUT2D eigenvalue weighted by molar-refractivity contribution is 0.568. The van der Waals surface area contributed by atoms with E-state index in [9.17, 15) is 0 Å². The van der Waals surface area contributed by atoms with Crippen molar-refractivity contribution in [2.45, 2.75) is 13.8 Å². The molecule has 0 N–H and O–H groups in total. The summed E-state index contributed by atoms with van der Waals surface area (Å²) in [6.07, 6.45) is 5.30. The average Bonchev–Trinajstić information content (AvgIpc) is 2.56. The van der Waals surface area contributed by atoms with E-state index in [2.05, 4.69) is 18.0 Å². The molecule has 0 unspecified atom stereocenters. The number of pyridine rings is 1. The summed E-state index contributed by atoms with van der Waals surface area (Å²) in [5, 5.41) is 0. The Morgan fingerprint density at radius 2 is 2.15 bits per heavy atom. The Kier molecular flexibility index (Phi) is 1.89. The largest absolute Gasteiger partial charge is 0.472 e. The van der Waals surface area contributed by atoms with Crippen LogP contribution in [0.2, 0.25) is 0 Å². The smallest absolute Gasteiger partial charge is 0.0981 e. The first kappa shape index (κ1) is 8.05. The molecule has 2 heterocycles. The SMILES string of the molecule is Cc1cc(C)c(-c2ccoc2)cn1. The third kappa shape index (κ3) is 1.47. The van der Waals surface area contributed by atoms with Gasteiger partial charge in [0.25, 0.3) is 0 Å². The summed E-state index contributed by atoms with van der Waals surface area (Å²) >= 11 is 0. The third-order valence-electron chi connectivity index (χ3n) is 2.08. The molecule has 0 aliphatic heterocycles. The van der Waals surface area contributed by atoms with Crippen LogP contribution in [0.3, 0.4) is 0 Å². The van der Waals surface area contributed by atoms with Gasteiger partial charge in [0.05, 0.1) is 12.5 Å². The maximum atomic E-state index is 5.03. The van der Waals surface area contributed by atoms with Crippen LogP contribution in [0.4, 0.5) is 0 Å². The fourth-order valence-electron chi connectivity index (χ4n) is 1.42. The quantitative estimate of drug-likeness (QED) is 0.662. The Morgan fingerprint density at radius 1 is 1.31 bits per heavy atom. The molecule has 0 atom stereocenters. The minimum Gasteiger partial charge on any atom is -0.472 e. The van der Waals surface area contributed by atoms with Crippen molar-refractivity contribution in [3.8, 4) is 11.1 Å². The molecule has 0 spiro atoms. The number of hydrogen-bond acceptors (Lipinski definition) is 2. The van der Waals surface area contributed by atoms with Crippen LogP contribution in [0.1, 0.15) is 11.3 Å². The van der Waals surface area contributed by atoms with Crippen molar-refractivity contribution in [1.82, 2.24) is 4.98 Å². The average molecular weight is 173 g/mol. The maximum absolute atomic E-state index is 5.03. The van der Waals surface area contributed by atoms with Gasteiger partial charge >= 0.3 is 0 Å². The van der Waals surface area contributed by atoms with Crippen LogP contribution in [0.25, 0.3) is 11.1 Å². The molecule has 2 nitrogen and oxygen atoms in total. The van der Waals surface area contributed by atoms with Crippen LogP contribution >= 0.6 is 0 Å². The zero-order valence-corrected chi connectivity index (χ0v) is 7.74. The van der Waals surface area contributed by atoms with Crippen molar-refractivity contribution in [3.05, 3.63) is 42.1 Å². The fraction of sp³-hybridized carbons (Fsp3) is 0.182. The molecule has 2 aromatic heterocycles. The summed E-state index contributed by atoms with van der Waals surface area (Å²) in [6.45, 7) is 4.07. The molecule has 0 fully saturated rings. The van der Waals surface area contributed by atoms with Crippen LogP contribution in [0.15, 0.2) is 35.3 Å². The fourth-order valence-corrected chi connectivity index (χ4v) is 1.42. The minimum absolute atomic E-state index is 1.05.